The maximum absolute atomic E-state index is 13.6. The molecule has 0 saturated carbocycles. The third-order valence-corrected chi connectivity index (χ3v) is 6.99. The van der Waals surface area contributed by atoms with Crippen molar-refractivity contribution in [3.05, 3.63) is 84.4 Å². The fourth-order valence-electron chi connectivity index (χ4n) is 3.70. The zero-order valence-corrected chi connectivity index (χ0v) is 17.7. The van der Waals surface area contributed by atoms with E-state index in [0.29, 0.717) is 22.4 Å². The van der Waals surface area contributed by atoms with Gasteiger partial charge in [-0.05, 0) is 42.0 Å². The quantitative estimate of drug-likeness (QED) is 0.506. The average Bonchev–Trinajstić information content (AvgIpc) is 3.17. The number of aromatic nitrogens is 2. The van der Waals surface area contributed by atoms with Crippen molar-refractivity contribution in [1.29, 1.82) is 0 Å². The van der Waals surface area contributed by atoms with Crippen LogP contribution in [0.5, 0.6) is 0 Å². The summed E-state index contributed by atoms with van der Waals surface area (Å²) < 4.78 is 28.4. The molecule has 0 radical (unpaired) electrons. The molecular weight excluding hydrogens is 426 g/mol. The molecule has 0 unspecified atom stereocenters. The van der Waals surface area contributed by atoms with Crippen molar-refractivity contribution in [1.82, 2.24) is 9.97 Å². The predicted octanol–water partition coefficient (Wildman–Crippen LogP) is 2.96. The standard InChI is InChI=1S/C23H19N5O3S/c24-21(29)14-16-10-12-18(13-11-16)32(30,31)28-15-27(17-6-2-1-3-7-17)22-23(28)26-20-9-5-4-8-19(20)25-22/h1-13H,14-15H2,(H2,24,29). The second kappa shape index (κ2) is 7.61. The van der Waals surface area contributed by atoms with Gasteiger partial charge in [0.1, 0.15) is 6.67 Å². The highest BCUT2D eigenvalue weighted by Gasteiger charge is 2.38. The van der Waals surface area contributed by atoms with Gasteiger partial charge in [0.2, 0.25) is 5.91 Å². The van der Waals surface area contributed by atoms with Gasteiger partial charge in [-0.1, -0.05) is 42.5 Å². The molecule has 0 spiro atoms. The number of sulfonamides is 1. The van der Waals surface area contributed by atoms with E-state index in [1.165, 1.54) is 16.4 Å². The number of anilines is 3. The van der Waals surface area contributed by atoms with Crippen molar-refractivity contribution in [2.45, 2.75) is 11.3 Å². The molecule has 1 aliphatic rings. The second-order valence-corrected chi connectivity index (χ2v) is 9.27. The molecule has 5 rings (SSSR count). The topological polar surface area (TPSA) is 109 Å². The zero-order chi connectivity index (χ0) is 22.3. The fourth-order valence-corrected chi connectivity index (χ4v) is 5.05. The summed E-state index contributed by atoms with van der Waals surface area (Å²) in [6.07, 6.45) is 0.0477. The Kier molecular flexibility index (Phi) is 4.75. The fraction of sp³-hybridized carbons (Fsp3) is 0.0870. The van der Waals surface area contributed by atoms with Gasteiger partial charge in [-0.2, -0.15) is 0 Å². The van der Waals surface area contributed by atoms with Gasteiger partial charge in [-0.25, -0.2) is 22.7 Å². The molecule has 32 heavy (non-hydrogen) atoms. The van der Waals surface area contributed by atoms with Gasteiger partial charge in [-0.15, -0.1) is 0 Å². The zero-order valence-electron chi connectivity index (χ0n) is 16.9. The third-order valence-electron chi connectivity index (χ3n) is 5.25. The molecule has 1 aromatic heterocycles. The maximum atomic E-state index is 13.6. The molecule has 0 aliphatic carbocycles. The smallest absolute Gasteiger partial charge is 0.267 e. The Labute approximate surface area is 185 Å². The van der Waals surface area contributed by atoms with E-state index in [9.17, 15) is 13.2 Å². The SMILES string of the molecule is NC(=O)Cc1ccc(S(=O)(=O)N2CN(c3ccccc3)c3nc4ccccc4nc32)cc1. The second-order valence-electron chi connectivity index (χ2n) is 7.41. The minimum absolute atomic E-state index is 0.0427. The van der Waals surface area contributed by atoms with E-state index in [2.05, 4.69) is 4.98 Å². The number of carbonyl (C=O) groups is 1. The molecule has 2 heterocycles. The number of hydrogen-bond acceptors (Lipinski definition) is 6. The summed E-state index contributed by atoms with van der Waals surface area (Å²) in [4.78, 5) is 22.4. The van der Waals surface area contributed by atoms with E-state index in [1.54, 1.807) is 18.2 Å². The van der Waals surface area contributed by atoms with Crippen molar-refractivity contribution in [3.63, 3.8) is 0 Å². The maximum Gasteiger partial charge on any atom is 0.267 e. The van der Waals surface area contributed by atoms with E-state index in [1.807, 2.05) is 53.4 Å². The lowest BCUT2D eigenvalue weighted by molar-refractivity contribution is -0.117. The number of primary amides is 1. The predicted molar refractivity (Wildman–Crippen MR) is 122 cm³/mol. The van der Waals surface area contributed by atoms with Crippen LogP contribution in [0, 0.1) is 0 Å². The average molecular weight is 446 g/mol. The van der Waals surface area contributed by atoms with Crippen LogP contribution in [-0.2, 0) is 21.2 Å². The van der Waals surface area contributed by atoms with E-state index < -0.39 is 15.9 Å². The lowest BCUT2D eigenvalue weighted by Gasteiger charge is -2.20. The normalized spacial score (nSPS) is 13.4. The van der Waals surface area contributed by atoms with Gasteiger partial charge in [-0.3, -0.25) is 4.79 Å². The van der Waals surface area contributed by atoms with Crippen LogP contribution < -0.4 is 14.9 Å². The molecule has 9 heteroatoms. The summed E-state index contributed by atoms with van der Waals surface area (Å²) >= 11 is 0. The first-order chi connectivity index (χ1) is 15.4. The van der Waals surface area contributed by atoms with Gasteiger partial charge < -0.3 is 10.6 Å². The van der Waals surface area contributed by atoms with Crippen molar-refractivity contribution < 1.29 is 13.2 Å². The molecule has 1 amide bonds. The summed E-state index contributed by atoms with van der Waals surface area (Å²) in [5.41, 5.74) is 7.98. The van der Waals surface area contributed by atoms with Crippen LogP contribution in [-0.4, -0.2) is 31.0 Å². The first-order valence-corrected chi connectivity index (χ1v) is 11.4. The van der Waals surface area contributed by atoms with Crippen LogP contribution in [0.15, 0.2) is 83.8 Å². The molecule has 1 aliphatic heterocycles. The van der Waals surface area contributed by atoms with E-state index in [4.69, 9.17) is 10.7 Å². The van der Waals surface area contributed by atoms with Crippen LogP contribution in [0.3, 0.4) is 0 Å². The van der Waals surface area contributed by atoms with Crippen LogP contribution in [0.1, 0.15) is 5.56 Å². The van der Waals surface area contributed by atoms with E-state index in [0.717, 1.165) is 5.69 Å². The summed E-state index contributed by atoms with van der Waals surface area (Å²) in [5, 5.41) is 0. The van der Waals surface area contributed by atoms with Gasteiger partial charge in [0.05, 0.1) is 22.3 Å². The lowest BCUT2D eigenvalue weighted by Crippen LogP contribution is -2.34. The number of carbonyl (C=O) groups excluding carboxylic acids is 1. The number of benzene rings is 3. The minimum atomic E-state index is -3.93. The monoisotopic (exact) mass is 445 g/mol. The molecule has 0 fully saturated rings. The number of nitrogens with zero attached hydrogens (tertiary/aromatic N) is 4. The van der Waals surface area contributed by atoms with Crippen LogP contribution in [0.2, 0.25) is 0 Å². The third kappa shape index (κ3) is 3.42. The number of para-hydroxylation sites is 3. The highest BCUT2D eigenvalue weighted by molar-refractivity contribution is 7.92. The summed E-state index contributed by atoms with van der Waals surface area (Å²) in [7, 11) is -3.93. The van der Waals surface area contributed by atoms with E-state index >= 15 is 0 Å². The molecule has 0 saturated heterocycles. The molecule has 160 valence electrons. The van der Waals surface area contributed by atoms with Gasteiger partial charge >= 0.3 is 0 Å². The highest BCUT2D eigenvalue weighted by atomic mass is 32.2. The Morgan fingerprint density at radius 3 is 2.06 bits per heavy atom. The Balaban J connectivity index is 1.62. The summed E-state index contributed by atoms with van der Waals surface area (Å²) in [6.45, 7) is 0.0427. The molecule has 0 bridgehead atoms. The Morgan fingerprint density at radius 1 is 0.844 bits per heavy atom. The first kappa shape index (κ1) is 20.0. The van der Waals surface area contributed by atoms with Gasteiger partial charge in [0.15, 0.2) is 11.6 Å². The molecule has 3 aromatic carbocycles. The Hall–Kier alpha value is -3.98. The van der Waals surface area contributed by atoms with Crippen molar-refractivity contribution in [2.24, 2.45) is 5.73 Å². The highest BCUT2D eigenvalue weighted by Crippen LogP contribution is 2.41. The van der Waals surface area contributed by atoms with Crippen molar-refractivity contribution in [2.75, 3.05) is 15.9 Å². The number of amides is 1. The van der Waals surface area contributed by atoms with Crippen LogP contribution in [0.4, 0.5) is 17.3 Å². The molecule has 0 atom stereocenters. The molecule has 2 N–H and O–H groups in total. The minimum Gasteiger partial charge on any atom is -0.369 e. The molecular formula is C23H19N5O3S. The summed E-state index contributed by atoms with van der Waals surface area (Å²) in [5.74, 6) is 0.271. The van der Waals surface area contributed by atoms with Gasteiger partial charge in [0.25, 0.3) is 10.0 Å². The van der Waals surface area contributed by atoms with Crippen molar-refractivity contribution in [3.8, 4) is 0 Å². The Bertz CT molecular complexity index is 1420. The van der Waals surface area contributed by atoms with Gasteiger partial charge in [0, 0.05) is 5.69 Å². The van der Waals surface area contributed by atoms with Crippen LogP contribution in [0.25, 0.3) is 11.0 Å². The molecule has 4 aromatic rings. The Morgan fingerprint density at radius 2 is 1.44 bits per heavy atom. The molecule has 8 nitrogen and oxygen atoms in total. The van der Waals surface area contributed by atoms with Crippen LogP contribution >= 0.6 is 0 Å². The number of rotatable bonds is 5. The lowest BCUT2D eigenvalue weighted by atomic mass is 10.1. The van der Waals surface area contributed by atoms with E-state index in [-0.39, 0.29) is 23.8 Å². The summed E-state index contributed by atoms with van der Waals surface area (Å²) in [6, 6.07) is 23.0. The number of nitrogens with two attached hydrogens (primary N) is 1. The largest absolute Gasteiger partial charge is 0.369 e. The van der Waals surface area contributed by atoms with Crippen molar-refractivity contribution >= 4 is 44.3 Å². The number of hydrogen-bond donors (Lipinski definition) is 1. The number of fused-ring (bicyclic) bond motifs is 2. The first-order valence-electron chi connectivity index (χ1n) is 9.93.